The summed E-state index contributed by atoms with van der Waals surface area (Å²) in [5.41, 5.74) is 0. The highest BCUT2D eigenvalue weighted by molar-refractivity contribution is 5.73. The molecule has 3 heterocycles. The number of hydrogen-bond donors (Lipinski definition) is 1. The Morgan fingerprint density at radius 1 is 1.32 bits per heavy atom. The Hall–Kier alpha value is -2.37. The van der Waals surface area contributed by atoms with E-state index in [9.17, 15) is 4.79 Å². The monoisotopic (exact) mass is 300 g/mol. The zero-order valence-corrected chi connectivity index (χ0v) is 13.0. The van der Waals surface area contributed by atoms with Crippen LogP contribution in [0.15, 0.2) is 28.8 Å². The van der Waals surface area contributed by atoms with Gasteiger partial charge in [0.05, 0.1) is 12.0 Å². The van der Waals surface area contributed by atoms with Crippen molar-refractivity contribution in [3.05, 3.63) is 41.7 Å². The second-order valence-electron chi connectivity index (χ2n) is 5.73. The molecule has 0 aliphatic carbocycles. The Morgan fingerprint density at radius 2 is 2.14 bits per heavy atom. The molecule has 0 radical (unpaired) electrons. The highest BCUT2D eigenvalue weighted by atomic mass is 16.3. The number of amides is 1. The summed E-state index contributed by atoms with van der Waals surface area (Å²) in [7, 11) is 0. The van der Waals surface area contributed by atoms with E-state index in [1.807, 2.05) is 32.0 Å². The second-order valence-corrected chi connectivity index (χ2v) is 5.73. The molecule has 0 aromatic carbocycles. The van der Waals surface area contributed by atoms with Crippen LogP contribution < -0.4 is 10.2 Å². The summed E-state index contributed by atoms with van der Waals surface area (Å²) in [6.07, 6.45) is 1.76. The maximum Gasteiger partial charge on any atom is 0.217 e. The first kappa shape index (κ1) is 14.6. The Balaban J connectivity index is 1.86. The molecule has 0 spiro atoms. The van der Waals surface area contributed by atoms with Gasteiger partial charge in [0.1, 0.15) is 23.2 Å². The van der Waals surface area contributed by atoms with Gasteiger partial charge in [0, 0.05) is 26.2 Å². The minimum absolute atomic E-state index is 0.0123. The molecule has 1 saturated heterocycles. The lowest BCUT2D eigenvalue weighted by Crippen LogP contribution is -2.38. The highest BCUT2D eigenvalue weighted by Gasteiger charge is 2.36. The lowest BCUT2D eigenvalue weighted by molar-refractivity contribution is -0.119. The molecule has 1 aliphatic rings. The first-order valence-electron chi connectivity index (χ1n) is 7.41. The van der Waals surface area contributed by atoms with E-state index in [0.717, 1.165) is 29.7 Å². The SMILES string of the molecule is CC(=O)N[C@@H]1CN(c2ccnc(C)n2)C[C@H]1c1ccc(C)o1. The summed E-state index contributed by atoms with van der Waals surface area (Å²) in [4.78, 5) is 22.3. The standard InChI is InChI=1S/C16H20N4O2/c1-10-4-5-15(22-10)13-8-20(9-14(13)19-12(3)21)16-6-7-17-11(2)18-16/h4-7,13-14H,8-9H2,1-3H3,(H,19,21)/t13-,14-/m1/s1. The molecular formula is C16H20N4O2. The Bertz CT molecular complexity index is 682. The number of aryl methyl sites for hydroxylation is 2. The van der Waals surface area contributed by atoms with Crippen LogP contribution in [0.2, 0.25) is 0 Å². The molecular weight excluding hydrogens is 280 g/mol. The van der Waals surface area contributed by atoms with Gasteiger partial charge in [-0.25, -0.2) is 9.97 Å². The quantitative estimate of drug-likeness (QED) is 0.936. The van der Waals surface area contributed by atoms with Crippen LogP contribution in [0.1, 0.15) is 30.2 Å². The van der Waals surface area contributed by atoms with Crippen molar-refractivity contribution in [3.8, 4) is 0 Å². The maximum absolute atomic E-state index is 11.5. The predicted molar refractivity (Wildman–Crippen MR) is 82.8 cm³/mol. The van der Waals surface area contributed by atoms with Crippen molar-refractivity contribution in [2.24, 2.45) is 0 Å². The molecule has 2 aromatic heterocycles. The van der Waals surface area contributed by atoms with Crippen molar-refractivity contribution >= 4 is 11.7 Å². The Kier molecular flexibility index (Phi) is 3.83. The summed E-state index contributed by atoms with van der Waals surface area (Å²) in [5, 5.41) is 3.03. The van der Waals surface area contributed by atoms with E-state index in [4.69, 9.17) is 4.42 Å². The normalized spacial score (nSPS) is 21.1. The fourth-order valence-corrected chi connectivity index (χ4v) is 2.96. The van der Waals surface area contributed by atoms with Crippen LogP contribution in [0.25, 0.3) is 0 Å². The van der Waals surface area contributed by atoms with Gasteiger partial charge in [0.25, 0.3) is 0 Å². The fourth-order valence-electron chi connectivity index (χ4n) is 2.96. The van der Waals surface area contributed by atoms with Crippen molar-refractivity contribution < 1.29 is 9.21 Å². The van der Waals surface area contributed by atoms with Crippen LogP contribution in [0, 0.1) is 13.8 Å². The summed E-state index contributed by atoms with van der Waals surface area (Å²) >= 11 is 0. The Morgan fingerprint density at radius 3 is 2.77 bits per heavy atom. The van der Waals surface area contributed by atoms with Crippen LogP contribution in [0.4, 0.5) is 5.82 Å². The lowest BCUT2D eigenvalue weighted by atomic mass is 10.0. The minimum Gasteiger partial charge on any atom is -0.466 e. The average molecular weight is 300 g/mol. The molecule has 1 N–H and O–H groups in total. The number of carbonyl (C=O) groups is 1. The molecule has 1 aliphatic heterocycles. The number of anilines is 1. The summed E-state index contributed by atoms with van der Waals surface area (Å²) in [5.74, 6) is 3.50. The topological polar surface area (TPSA) is 71.3 Å². The number of furan rings is 1. The van der Waals surface area contributed by atoms with E-state index in [1.165, 1.54) is 0 Å². The van der Waals surface area contributed by atoms with Crippen molar-refractivity contribution in [1.29, 1.82) is 0 Å². The zero-order chi connectivity index (χ0) is 15.7. The van der Waals surface area contributed by atoms with Gasteiger partial charge in [0.15, 0.2) is 0 Å². The van der Waals surface area contributed by atoms with E-state index in [0.29, 0.717) is 6.54 Å². The molecule has 2 atom stereocenters. The fraction of sp³-hybridized carbons (Fsp3) is 0.438. The third-order valence-electron chi connectivity index (χ3n) is 3.92. The molecule has 2 aromatic rings. The van der Waals surface area contributed by atoms with Gasteiger partial charge in [-0.2, -0.15) is 0 Å². The average Bonchev–Trinajstić information content (AvgIpc) is 3.04. The van der Waals surface area contributed by atoms with Crippen molar-refractivity contribution in [2.75, 3.05) is 18.0 Å². The largest absolute Gasteiger partial charge is 0.466 e. The molecule has 6 nitrogen and oxygen atoms in total. The molecule has 116 valence electrons. The Labute approximate surface area is 129 Å². The first-order valence-corrected chi connectivity index (χ1v) is 7.41. The highest BCUT2D eigenvalue weighted by Crippen LogP contribution is 2.31. The summed E-state index contributed by atoms with van der Waals surface area (Å²) in [6.45, 7) is 6.81. The number of nitrogens with zero attached hydrogens (tertiary/aromatic N) is 3. The number of carbonyl (C=O) groups excluding carboxylic acids is 1. The molecule has 1 amide bonds. The van der Waals surface area contributed by atoms with Gasteiger partial charge in [-0.05, 0) is 32.0 Å². The minimum atomic E-state index is -0.0287. The van der Waals surface area contributed by atoms with E-state index >= 15 is 0 Å². The molecule has 3 rings (SSSR count). The molecule has 0 unspecified atom stereocenters. The van der Waals surface area contributed by atoms with E-state index in [-0.39, 0.29) is 17.9 Å². The van der Waals surface area contributed by atoms with Crippen molar-refractivity contribution in [3.63, 3.8) is 0 Å². The number of hydrogen-bond acceptors (Lipinski definition) is 5. The van der Waals surface area contributed by atoms with E-state index in [1.54, 1.807) is 13.1 Å². The van der Waals surface area contributed by atoms with Crippen molar-refractivity contribution in [1.82, 2.24) is 15.3 Å². The molecule has 0 saturated carbocycles. The zero-order valence-electron chi connectivity index (χ0n) is 13.0. The van der Waals surface area contributed by atoms with Crippen LogP contribution in [0.3, 0.4) is 0 Å². The predicted octanol–water partition coefficient (Wildman–Crippen LogP) is 1.79. The number of rotatable bonds is 3. The van der Waals surface area contributed by atoms with Gasteiger partial charge in [-0.3, -0.25) is 4.79 Å². The van der Waals surface area contributed by atoms with Crippen molar-refractivity contribution in [2.45, 2.75) is 32.7 Å². The van der Waals surface area contributed by atoms with Crippen LogP contribution in [0.5, 0.6) is 0 Å². The summed E-state index contributed by atoms with van der Waals surface area (Å²) < 4.78 is 5.78. The maximum atomic E-state index is 11.5. The van der Waals surface area contributed by atoms with Gasteiger partial charge in [-0.1, -0.05) is 0 Å². The van der Waals surface area contributed by atoms with Crippen LogP contribution >= 0.6 is 0 Å². The second kappa shape index (κ2) is 5.79. The van der Waals surface area contributed by atoms with Gasteiger partial charge in [-0.15, -0.1) is 0 Å². The lowest BCUT2D eigenvalue weighted by Gasteiger charge is -2.17. The van der Waals surface area contributed by atoms with E-state index in [2.05, 4.69) is 20.2 Å². The third kappa shape index (κ3) is 2.95. The smallest absolute Gasteiger partial charge is 0.217 e. The molecule has 0 bridgehead atoms. The van der Waals surface area contributed by atoms with Gasteiger partial charge >= 0.3 is 0 Å². The number of nitrogens with one attached hydrogen (secondary N) is 1. The summed E-state index contributed by atoms with van der Waals surface area (Å²) in [6, 6.07) is 5.85. The first-order chi connectivity index (χ1) is 10.5. The molecule has 22 heavy (non-hydrogen) atoms. The molecule has 6 heteroatoms. The molecule has 1 fully saturated rings. The van der Waals surface area contributed by atoms with Crippen LogP contribution in [-0.4, -0.2) is 35.0 Å². The van der Waals surface area contributed by atoms with E-state index < -0.39 is 0 Å². The van der Waals surface area contributed by atoms with Gasteiger partial charge in [0.2, 0.25) is 5.91 Å². The van der Waals surface area contributed by atoms with Gasteiger partial charge < -0.3 is 14.6 Å². The third-order valence-corrected chi connectivity index (χ3v) is 3.92. The number of aromatic nitrogens is 2. The van der Waals surface area contributed by atoms with Crippen LogP contribution in [-0.2, 0) is 4.79 Å².